The molecule has 150 valence electrons. The number of methoxy groups -OCH3 is 1. The highest BCUT2D eigenvalue weighted by Gasteiger charge is 2.28. The summed E-state index contributed by atoms with van der Waals surface area (Å²) in [6.07, 6.45) is 0. The van der Waals surface area contributed by atoms with Crippen LogP contribution in [0.4, 0.5) is 0 Å². The summed E-state index contributed by atoms with van der Waals surface area (Å²) >= 11 is 13.6. The maximum Gasteiger partial charge on any atom is 0.272 e. The van der Waals surface area contributed by atoms with Gasteiger partial charge in [-0.1, -0.05) is 47.1 Å². The molecule has 0 bridgehead atoms. The van der Waals surface area contributed by atoms with Crippen LogP contribution in [0.5, 0.6) is 11.5 Å². The standard InChI is InChI=1S/C19H16Cl2N4O3S/c1-27-15-4-2-3-5-16(15)28-11-17-22-23-19-25(17)24(8-9-29-19)18(26)12-6-7-13(20)14(21)10-12/h2-7,10H,8-9,11H2,1H3. The molecule has 0 fully saturated rings. The number of thioether (sulfide) groups is 1. The average molecular weight is 451 g/mol. The Kier molecular flexibility index (Phi) is 5.84. The molecule has 2 heterocycles. The van der Waals surface area contributed by atoms with Crippen LogP contribution in [0.1, 0.15) is 16.2 Å². The molecule has 4 rings (SSSR count). The summed E-state index contributed by atoms with van der Waals surface area (Å²) in [4.78, 5) is 13.1. The Morgan fingerprint density at radius 2 is 1.93 bits per heavy atom. The minimum absolute atomic E-state index is 0.124. The van der Waals surface area contributed by atoms with Gasteiger partial charge in [-0.05, 0) is 30.3 Å². The zero-order valence-corrected chi connectivity index (χ0v) is 17.7. The van der Waals surface area contributed by atoms with E-state index < -0.39 is 0 Å². The minimum Gasteiger partial charge on any atom is -0.493 e. The Balaban J connectivity index is 1.61. The fourth-order valence-electron chi connectivity index (χ4n) is 2.89. The molecule has 1 aromatic heterocycles. The Labute approximate surface area is 181 Å². The predicted molar refractivity (Wildman–Crippen MR) is 112 cm³/mol. The van der Waals surface area contributed by atoms with E-state index in [9.17, 15) is 4.79 Å². The highest BCUT2D eigenvalue weighted by Crippen LogP contribution is 2.29. The molecule has 29 heavy (non-hydrogen) atoms. The largest absolute Gasteiger partial charge is 0.493 e. The normalized spacial score (nSPS) is 13.1. The number of fused-ring (bicyclic) bond motifs is 1. The van der Waals surface area contributed by atoms with Crippen molar-refractivity contribution in [1.82, 2.24) is 14.9 Å². The summed E-state index contributed by atoms with van der Waals surface area (Å²) in [6.45, 7) is 0.621. The second-order valence-electron chi connectivity index (χ2n) is 6.06. The van der Waals surface area contributed by atoms with Crippen LogP contribution in [0.15, 0.2) is 47.6 Å². The Bertz CT molecular complexity index is 1060. The molecular weight excluding hydrogens is 435 g/mol. The molecule has 1 aliphatic rings. The first-order valence-electron chi connectivity index (χ1n) is 8.68. The summed E-state index contributed by atoms with van der Waals surface area (Å²) in [6, 6.07) is 12.1. The molecule has 0 spiro atoms. The van der Waals surface area contributed by atoms with E-state index in [1.165, 1.54) is 11.8 Å². The summed E-state index contributed by atoms with van der Waals surface area (Å²) in [5.41, 5.74) is 0.433. The minimum atomic E-state index is -0.219. The number of carbonyl (C=O) groups is 1. The first kappa shape index (κ1) is 19.9. The Morgan fingerprint density at radius 1 is 1.14 bits per heavy atom. The number of amides is 1. The van der Waals surface area contributed by atoms with Crippen molar-refractivity contribution in [3.63, 3.8) is 0 Å². The van der Waals surface area contributed by atoms with Crippen LogP contribution in [0, 0.1) is 0 Å². The topological polar surface area (TPSA) is 69.5 Å². The van der Waals surface area contributed by atoms with Crippen molar-refractivity contribution < 1.29 is 14.3 Å². The van der Waals surface area contributed by atoms with Gasteiger partial charge in [0.15, 0.2) is 17.3 Å². The van der Waals surface area contributed by atoms with Gasteiger partial charge in [-0.3, -0.25) is 4.79 Å². The van der Waals surface area contributed by atoms with Gasteiger partial charge >= 0.3 is 0 Å². The highest BCUT2D eigenvalue weighted by molar-refractivity contribution is 7.99. The monoisotopic (exact) mass is 450 g/mol. The molecular formula is C19H16Cl2N4O3S. The number of halogens is 2. The molecule has 0 radical (unpaired) electrons. The number of nitrogens with zero attached hydrogens (tertiary/aromatic N) is 4. The van der Waals surface area contributed by atoms with Gasteiger partial charge in [0.25, 0.3) is 5.91 Å². The van der Waals surface area contributed by atoms with Gasteiger partial charge in [-0.2, -0.15) is 0 Å². The van der Waals surface area contributed by atoms with Gasteiger partial charge < -0.3 is 9.47 Å². The maximum atomic E-state index is 13.1. The third-order valence-electron chi connectivity index (χ3n) is 4.28. The molecule has 0 atom stereocenters. The second-order valence-corrected chi connectivity index (χ2v) is 7.93. The summed E-state index contributed by atoms with van der Waals surface area (Å²) in [5, 5.41) is 11.3. The lowest BCUT2D eigenvalue weighted by atomic mass is 10.2. The van der Waals surface area contributed by atoms with Crippen molar-refractivity contribution in [1.29, 1.82) is 0 Å². The van der Waals surface area contributed by atoms with Gasteiger partial charge in [-0.25, -0.2) is 9.69 Å². The first-order chi connectivity index (χ1) is 14.1. The van der Waals surface area contributed by atoms with Gasteiger partial charge in [-0.15, -0.1) is 10.2 Å². The van der Waals surface area contributed by atoms with Crippen molar-refractivity contribution in [3.05, 3.63) is 63.9 Å². The number of carbonyl (C=O) groups excluding carboxylic acids is 1. The predicted octanol–water partition coefficient (Wildman–Crippen LogP) is 4.06. The van der Waals surface area contributed by atoms with Crippen LogP contribution in [0.2, 0.25) is 10.0 Å². The van der Waals surface area contributed by atoms with Crippen molar-refractivity contribution in [3.8, 4) is 11.5 Å². The van der Waals surface area contributed by atoms with E-state index in [0.717, 1.165) is 0 Å². The van der Waals surface area contributed by atoms with Gasteiger partial charge in [0.05, 0.1) is 23.7 Å². The average Bonchev–Trinajstić information content (AvgIpc) is 3.17. The van der Waals surface area contributed by atoms with Gasteiger partial charge in [0.2, 0.25) is 5.16 Å². The number of hydrogen-bond acceptors (Lipinski definition) is 6. The number of hydrogen-bond donors (Lipinski definition) is 0. The van der Waals surface area contributed by atoms with E-state index >= 15 is 0 Å². The number of aromatic nitrogens is 3. The second kappa shape index (κ2) is 8.52. The molecule has 7 nitrogen and oxygen atoms in total. The maximum absolute atomic E-state index is 13.1. The number of rotatable bonds is 5. The fraction of sp³-hybridized carbons (Fsp3) is 0.211. The molecule has 0 saturated heterocycles. The van der Waals surface area contributed by atoms with Gasteiger partial charge in [0, 0.05) is 11.3 Å². The highest BCUT2D eigenvalue weighted by atomic mass is 35.5. The zero-order valence-electron chi connectivity index (χ0n) is 15.3. The molecule has 3 aromatic rings. The van der Waals surface area contributed by atoms with E-state index in [1.54, 1.807) is 41.1 Å². The first-order valence-corrected chi connectivity index (χ1v) is 10.4. The van der Waals surface area contributed by atoms with Crippen LogP contribution in [0.25, 0.3) is 0 Å². The molecule has 2 aromatic carbocycles. The summed E-state index contributed by atoms with van der Waals surface area (Å²) < 4.78 is 12.9. The number of ether oxygens (including phenoxy) is 2. The molecule has 0 N–H and O–H groups in total. The van der Waals surface area contributed by atoms with Crippen LogP contribution in [-0.4, -0.2) is 40.2 Å². The molecule has 10 heteroatoms. The summed E-state index contributed by atoms with van der Waals surface area (Å²) in [5.74, 6) is 2.19. The molecule has 0 aliphatic carbocycles. The van der Waals surface area contributed by atoms with E-state index in [0.29, 0.717) is 50.4 Å². The van der Waals surface area contributed by atoms with Crippen molar-refractivity contribution in [2.75, 3.05) is 24.4 Å². The molecule has 0 saturated carbocycles. The van der Waals surface area contributed by atoms with Crippen molar-refractivity contribution >= 4 is 40.9 Å². The third-order valence-corrected chi connectivity index (χ3v) is 5.92. The van der Waals surface area contributed by atoms with Gasteiger partial charge in [0.1, 0.15) is 6.61 Å². The van der Waals surface area contributed by atoms with Crippen LogP contribution in [-0.2, 0) is 6.61 Å². The lowest BCUT2D eigenvalue weighted by Gasteiger charge is -2.29. The molecule has 1 amide bonds. The van der Waals surface area contributed by atoms with E-state index in [-0.39, 0.29) is 12.5 Å². The quantitative estimate of drug-likeness (QED) is 0.583. The van der Waals surface area contributed by atoms with Crippen LogP contribution in [0.3, 0.4) is 0 Å². The van der Waals surface area contributed by atoms with E-state index in [2.05, 4.69) is 10.2 Å². The Hall–Kier alpha value is -2.42. The van der Waals surface area contributed by atoms with Crippen molar-refractivity contribution in [2.24, 2.45) is 0 Å². The zero-order chi connectivity index (χ0) is 20.4. The van der Waals surface area contributed by atoms with E-state index in [1.807, 2.05) is 18.2 Å². The summed E-state index contributed by atoms with van der Waals surface area (Å²) in [7, 11) is 1.58. The SMILES string of the molecule is COc1ccccc1OCc1nnc2n1N(C(=O)c1ccc(Cl)c(Cl)c1)CCS2. The lowest BCUT2D eigenvalue weighted by Crippen LogP contribution is -2.45. The number of para-hydroxylation sites is 2. The third kappa shape index (κ3) is 4.01. The number of benzene rings is 2. The van der Waals surface area contributed by atoms with Crippen LogP contribution < -0.4 is 14.5 Å². The smallest absolute Gasteiger partial charge is 0.272 e. The molecule has 0 unspecified atom stereocenters. The Morgan fingerprint density at radius 3 is 2.69 bits per heavy atom. The van der Waals surface area contributed by atoms with Crippen molar-refractivity contribution in [2.45, 2.75) is 11.8 Å². The lowest BCUT2D eigenvalue weighted by molar-refractivity contribution is 0.0952. The molecule has 1 aliphatic heterocycles. The van der Waals surface area contributed by atoms with Crippen LogP contribution >= 0.6 is 35.0 Å². The fourth-order valence-corrected chi connectivity index (χ4v) is 4.06. The van der Waals surface area contributed by atoms with E-state index in [4.69, 9.17) is 32.7 Å².